The van der Waals surface area contributed by atoms with Gasteiger partial charge in [-0.25, -0.2) is 13.4 Å². The Morgan fingerprint density at radius 2 is 1.74 bits per heavy atom. The molecule has 0 aliphatic heterocycles. The van der Waals surface area contributed by atoms with Gasteiger partial charge >= 0.3 is 0 Å². The van der Waals surface area contributed by atoms with Crippen LogP contribution in [0.3, 0.4) is 0 Å². The van der Waals surface area contributed by atoms with E-state index in [-0.39, 0.29) is 22.0 Å². The predicted molar refractivity (Wildman–Crippen MR) is 138 cm³/mol. The number of anilines is 1. The number of aromatic nitrogens is 1. The molecule has 0 amide bonds. The number of aryl methyl sites for hydroxylation is 1. The Morgan fingerprint density at radius 3 is 2.49 bits per heavy atom. The predicted octanol–water partition coefficient (Wildman–Crippen LogP) is 6.32. The van der Waals surface area contributed by atoms with Crippen LogP contribution >= 0.6 is 23.1 Å². The largest absolute Gasteiger partial charge is 0.506 e. The molecule has 0 spiro atoms. The lowest BCUT2D eigenvalue weighted by molar-refractivity contribution is -0.385. The van der Waals surface area contributed by atoms with E-state index in [1.165, 1.54) is 35.2 Å². The Hall–Kier alpha value is -3.67. The van der Waals surface area contributed by atoms with Gasteiger partial charge in [-0.05, 0) is 30.7 Å². The average Bonchev–Trinajstić information content (AvgIpc) is 3.24. The zero-order chi connectivity index (χ0) is 24.7. The smallest absolute Gasteiger partial charge is 0.270 e. The van der Waals surface area contributed by atoms with Crippen molar-refractivity contribution in [2.24, 2.45) is 0 Å². The first-order valence-corrected chi connectivity index (χ1v) is 13.4. The minimum absolute atomic E-state index is 0.0133. The monoisotopic (exact) mass is 523 g/mol. The Labute approximate surface area is 208 Å². The fourth-order valence-electron chi connectivity index (χ4n) is 3.68. The van der Waals surface area contributed by atoms with Gasteiger partial charge in [0.25, 0.3) is 15.7 Å². The highest BCUT2D eigenvalue weighted by molar-refractivity contribution is 8.01. The Balaban J connectivity index is 1.60. The summed E-state index contributed by atoms with van der Waals surface area (Å²) in [7, 11) is -4.17. The van der Waals surface area contributed by atoms with E-state index in [2.05, 4.69) is 9.71 Å². The summed E-state index contributed by atoms with van der Waals surface area (Å²) in [4.78, 5) is 15.4. The van der Waals surface area contributed by atoms with Crippen molar-refractivity contribution in [1.82, 2.24) is 4.98 Å². The van der Waals surface area contributed by atoms with Gasteiger partial charge in [0.05, 0.1) is 30.6 Å². The molecule has 0 aliphatic carbocycles. The fourth-order valence-corrected chi connectivity index (χ4v) is 7.13. The number of thiazole rings is 1. The third kappa shape index (κ3) is 4.41. The average molecular weight is 524 g/mol. The number of nitro benzene ring substituents is 1. The molecule has 4 aromatic carbocycles. The number of sulfonamides is 1. The van der Waals surface area contributed by atoms with Gasteiger partial charge < -0.3 is 5.11 Å². The van der Waals surface area contributed by atoms with E-state index < -0.39 is 14.9 Å². The second-order valence-electron chi connectivity index (χ2n) is 7.68. The van der Waals surface area contributed by atoms with E-state index >= 15 is 0 Å². The number of nitro groups is 1. The maximum absolute atomic E-state index is 13.3. The van der Waals surface area contributed by atoms with Crippen molar-refractivity contribution in [3.8, 4) is 5.75 Å². The molecule has 0 saturated heterocycles. The van der Waals surface area contributed by atoms with E-state index in [1.807, 2.05) is 24.3 Å². The second kappa shape index (κ2) is 8.84. The number of benzene rings is 4. The van der Waals surface area contributed by atoms with Crippen LogP contribution in [0.25, 0.3) is 21.0 Å². The number of hydrogen-bond donors (Lipinski definition) is 2. The molecular formula is C24H17N3O5S3. The SMILES string of the molecule is Cc1ccc([N+](=O)[O-])cc1S(=O)(=O)Nc1cc(Sc2nc3ccccc3s2)c(O)c2ccccc12. The minimum Gasteiger partial charge on any atom is -0.506 e. The summed E-state index contributed by atoms with van der Waals surface area (Å²) in [6.07, 6.45) is 0. The van der Waals surface area contributed by atoms with Crippen molar-refractivity contribution < 1.29 is 18.4 Å². The van der Waals surface area contributed by atoms with Gasteiger partial charge in [0.15, 0.2) is 4.34 Å². The second-order valence-corrected chi connectivity index (χ2v) is 11.6. The molecule has 5 rings (SSSR count). The van der Waals surface area contributed by atoms with Gasteiger partial charge in [0.1, 0.15) is 5.75 Å². The third-order valence-corrected chi connectivity index (χ3v) is 9.00. The summed E-state index contributed by atoms with van der Waals surface area (Å²) in [5.41, 5.74) is 1.13. The lowest BCUT2D eigenvalue weighted by atomic mass is 10.1. The van der Waals surface area contributed by atoms with E-state index in [1.54, 1.807) is 37.3 Å². The maximum atomic E-state index is 13.3. The minimum atomic E-state index is -4.17. The number of phenols is 1. The molecule has 0 radical (unpaired) electrons. The van der Waals surface area contributed by atoms with Gasteiger partial charge in [-0.1, -0.05) is 54.2 Å². The van der Waals surface area contributed by atoms with Crippen LogP contribution in [0.15, 0.2) is 86.9 Å². The van der Waals surface area contributed by atoms with Crippen LogP contribution in [0.4, 0.5) is 11.4 Å². The Bertz CT molecular complexity index is 1700. The summed E-state index contributed by atoms with van der Waals surface area (Å²) < 4.78 is 30.9. The number of phenolic OH excluding ortho intramolecular Hbond substituents is 1. The zero-order valence-electron chi connectivity index (χ0n) is 18.1. The third-order valence-electron chi connectivity index (χ3n) is 5.37. The lowest BCUT2D eigenvalue weighted by Gasteiger charge is -2.15. The zero-order valence-corrected chi connectivity index (χ0v) is 20.6. The van der Waals surface area contributed by atoms with Crippen LogP contribution in [0.2, 0.25) is 0 Å². The molecule has 1 aromatic heterocycles. The summed E-state index contributed by atoms with van der Waals surface area (Å²) in [6.45, 7) is 1.57. The topological polar surface area (TPSA) is 122 Å². The van der Waals surface area contributed by atoms with Gasteiger partial charge in [-0.3, -0.25) is 14.8 Å². The number of nitrogens with zero attached hydrogens (tertiary/aromatic N) is 2. The number of para-hydroxylation sites is 1. The molecule has 0 unspecified atom stereocenters. The quantitative estimate of drug-likeness (QED) is 0.152. The van der Waals surface area contributed by atoms with Crippen LogP contribution in [-0.2, 0) is 10.0 Å². The molecule has 0 saturated carbocycles. The van der Waals surface area contributed by atoms with Crippen molar-refractivity contribution >= 4 is 65.5 Å². The van der Waals surface area contributed by atoms with Crippen molar-refractivity contribution in [1.29, 1.82) is 0 Å². The standard InChI is InChI=1S/C24H17N3O5S3/c1-14-10-11-15(27(29)30)12-22(14)35(31,32)26-19-13-21(23(28)17-7-3-2-6-16(17)19)34-24-25-18-8-4-5-9-20(18)33-24/h2-13,26,28H,1H3. The Kier molecular flexibility index (Phi) is 5.83. The van der Waals surface area contributed by atoms with Crippen LogP contribution in [-0.4, -0.2) is 23.4 Å². The van der Waals surface area contributed by atoms with E-state index in [0.717, 1.165) is 16.3 Å². The van der Waals surface area contributed by atoms with Crippen LogP contribution in [0.5, 0.6) is 5.75 Å². The van der Waals surface area contributed by atoms with Crippen molar-refractivity contribution in [3.63, 3.8) is 0 Å². The molecule has 11 heteroatoms. The number of fused-ring (bicyclic) bond motifs is 2. The van der Waals surface area contributed by atoms with Gasteiger partial charge in [0, 0.05) is 22.9 Å². The summed E-state index contributed by atoms with van der Waals surface area (Å²) in [5, 5.41) is 23.1. The number of non-ortho nitro benzene ring substituents is 1. The van der Waals surface area contributed by atoms with Crippen LogP contribution in [0.1, 0.15) is 5.56 Å². The first-order chi connectivity index (χ1) is 16.7. The molecule has 0 atom stereocenters. The normalized spacial score (nSPS) is 11.7. The molecule has 0 bridgehead atoms. The number of rotatable bonds is 6. The summed E-state index contributed by atoms with van der Waals surface area (Å²) >= 11 is 2.70. The molecular weight excluding hydrogens is 506 g/mol. The number of aromatic hydroxyl groups is 1. The Morgan fingerprint density at radius 1 is 1.03 bits per heavy atom. The van der Waals surface area contributed by atoms with Crippen molar-refractivity contribution in [2.75, 3.05) is 4.72 Å². The molecule has 2 N–H and O–H groups in total. The first kappa shape index (κ1) is 23.1. The molecule has 8 nitrogen and oxygen atoms in total. The molecule has 5 aromatic rings. The van der Waals surface area contributed by atoms with Crippen molar-refractivity contribution in [2.45, 2.75) is 21.1 Å². The summed E-state index contributed by atoms with van der Waals surface area (Å²) in [5.74, 6) is 0.0133. The first-order valence-electron chi connectivity index (χ1n) is 10.3. The van der Waals surface area contributed by atoms with Crippen LogP contribution in [0, 0.1) is 17.0 Å². The summed E-state index contributed by atoms with van der Waals surface area (Å²) in [6, 6.07) is 19.8. The van der Waals surface area contributed by atoms with Crippen molar-refractivity contribution in [3.05, 3.63) is 88.5 Å². The maximum Gasteiger partial charge on any atom is 0.270 e. The van der Waals surface area contributed by atoms with E-state index in [0.29, 0.717) is 25.6 Å². The highest BCUT2D eigenvalue weighted by Gasteiger charge is 2.23. The molecule has 35 heavy (non-hydrogen) atoms. The number of hydrogen-bond acceptors (Lipinski definition) is 8. The number of nitrogens with one attached hydrogen (secondary N) is 1. The highest BCUT2D eigenvalue weighted by Crippen LogP contribution is 2.44. The van der Waals surface area contributed by atoms with Gasteiger partial charge in [-0.15, -0.1) is 11.3 Å². The molecule has 0 aliphatic rings. The molecule has 176 valence electrons. The van der Waals surface area contributed by atoms with E-state index in [9.17, 15) is 23.6 Å². The van der Waals surface area contributed by atoms with Gasteiger partial charge in [-0.2, -0.15) is 0 Å². The van der Waals surface area contributed by atoms with E-state index in [4.69, 9.17) is 0 Å². The highest BCUT2D eigenvalue weighted by atomic mass is 32.2. The lowest BCUT2D eigenvalue weighted by Crippen LogP contribution is -2.15. The van der Waals surface area contributed by atoms with Gasteiger partial charge in [0.2, 0.25) is 0 Å². The molecule has 1 heterocycles. The van der Waals surface area contributed by atoms with Crippen LogP contribution < -0.4 is 4.72 Å². The fraction of sp³-hybridized carbons (Fsp3) is 0.0417. The molecule has 0 fully saturated rings.